The molecule has 1 amide bonds. The van der Waals surface area contributed by atoms with Crippen LogP contribution in [0.4, 0.5) is 21.7 Å². The quantitative estimate of drug-likeness (QED) is 0.236. The van der Waals surface area contributed by atoms with Crippen LogP contribution >= 0.6 is 11.6 Å². The number of rotatable bonds is 11. The van der Waals surface area contributed by atoms with Crippen molar-refractivity contribution in [3.05, 3.63) is 83.4 Å². The van der Waals surface area contributed by atoms with Crippen LogP contribution in [0.1, 0.15) is 16.8 Å². The molecule has 4 rings (SSSR count). The van der Waals surface area contributed by atoms with Crippen LogP contribution in [0.2, 0.25) is 5.02 Å². The standard InChI is InChI=1S/C29H31ClFN7O2/c1-32-29-34-14-12-24(36-29)21-7-5-13-33-28(21)40-20-9-10-23(31)22(18-20)27(39)35-25-17-19(30)8-11-26(25)38(4)16-6-15-37(2)3/h5,7-14,17-18H,6,15-16H2,1-4H3,(H,35,39)(H,32,34,36). The summed E-state index contributed by atoms with van der Waals surface area (Å²) in [5.74, 6) is -0.400. The third-order valence-corrected chi connectivity index (χ3v) is 6.28. The fraction of sp³-hybridized carbons (Fsp3) is 0.241. The van der Waals surface area contributed by atoms with E-state index in [2.05, 4.69) is 30.5 Å². The zero-order chi connectivity index (χ0) is 28.6. The van der Waals surface area contributed by atoms with Crippen LogP contribution < -0.4 is 20.3 Å². The van der Waals surface area contributed by atoms with Crippen LogP contribution in [0.15, 0.2) is 67.0 Å². The van der Waals surface area contributed by atoms with E-state index in [1.807, 2.05) is 32.1 Å². The minimum Gasteiger partial charge on any atom is -0.438 e. The Hall–Kier alpha value is -4.28. The fourth-order valence-electron chi connectivity index (χ4n) is 4.03. The maximum atomic E-state index is 14.9. The maximum Gasteiger partial charge on any atom is 0.258 e. The Kier molecular flexibility index (Phi) is 9.47. The normalized spacial score (nSPS) is 10.9. The summed E-state index contributed by atoms with van der Waals surface area (Å²) in [4.78, 5) is 30.3. The fourth-order valence-corrected chi connectivity index (χ4v) is 4.20. The Bertz CT molecular complexity index is 1480. The molecule has 2 aromatic carbocycles. The van der Waals surface area contributed by atoms with Gasteiger partial charge in [0.05, 0.1) is 28.2 Å². The van der Waals surface area contributed by atoms with E-state index in [4.69, 9.17) is 16.3 Å². The Morgan fingerprint density at radius 2 is 1.85 bits per heavy atom. The highest BCUT2D eigenvalue weighted by Crippen LogP contribution is 2.32. The zero-order valence-electron chi connectivity index (χ0n) is 22.8. The van der Waals surface area contributed by atoms with Gasteiger partial charge in [-0.25, -0.2) is 19.3 Å². The molecule has 0 aliphatic carbocycles. The number of ether oxygens (including phenoxy) is 1. The van der Waals surface area contributed by atoms with Crippen molar-refractivity contribution in [1.82, 2.24) is 19.9 Å². The molecule has 9 nitrogen and oxygen atoms in total. The number of carbonyl (C=O) groups excluding carboxylic acids is 1. The number of aromatic nitrogens is 3. The van der Waals surface area contributed by atoms with Gasteiger partial charge in [0, 0.05) is 38.1 Å². The number of nitrogens with one attached hydrogen (secondary N) is 2. The minimum absolute atomic E-state index is 0.185. The van der Waals surface area contributed by atoms with Gasteiger partial charge in [-0.1, -0.05) is 11.6 Å². The molecular weight excluding hydrogens is 533 g/mol. The summed E-state index contributed by atoms with van der Waals surface area (Å²) in [5, 5.41) is 6.17. The Labute approximate surface area is 238 Å². The summed E-state index contributed by atoms with van der Waals surface area (Å²) in [7, 11) is 7.70. The van der Waals surface area contributed by atoms with Crippen molar-refractivity contribution in [3.8, 4) is 22.9 Å². The molecule has 0 bridgehead atoms. The van der Waals surface area contributed by atoms with E-state index in [-0.39, 0.29) is 17.2 Å². The van der Waals surface area contributed by atoms with Gasteiger partial charge in [-0.2, -0.15) is 0 Å². The molecule has 2 N–H and O–H groups in total. The second-order valence-electron chi connectivity index (χ2n) is 9.31. The third kappa shape index (κ3) is 7.22. The van der Waals surface area contributed by atoms with Gasteiger partial charge in [-0.05, 0) is 81.7 Å². The van der Waals surface area contributed by atoms with Gasteiger partial charge in [0.2, 0.25) is 11.8 Å². The van der Waals surface area contributed by atoms with E-state index in [1.165, 1.54) is 18.2 Å². The summed E-state index contributed by atoms with van der Waals surface area (Å²) >= 11 is 6.24. The number of nitrogens with zero attached hydrogens (tertiary/aromatic N) is 5. The van der Waals surface area contributed by atoms with Crippen molar-refractivity contribution < 1.29 is 13.9 Å². The SMILES string of the molecule is CNc1nccc(-c2cccnc2Oc2ccc(F)c(C(=O)Nc3cc(Cl)ccc3N(C)CCCN(C)C)c2)n1. The average Bonchev–Trinajstić information content (AvgIpc) is 2.94. The van der Waals surface area contributed by atoms with Crippen molar-refractivity contribution >= 4 is 34.8 Å². The Balaban J connectivity index is 1.57. The molecule has 0 spiro atoms. The van der Waals surface area contributed by atoms with E-state index in [9.17, 15) is 9.18 Å². The van der Waals surface area contributed by atoms with E-state index >= 15 is 0 Å². The molecule has 0 unspecified atom stereocenters. The lowest BCUT2D eigenvalue weighted by Gasteiger charge is -2.24. The van der Waals surface area contributed by atoms with Crippen LogP contribution in [0.5, 0.6) is 11.6 Å². The van der Waals surface area contributed by atoms with Gasteiger partial charge in [0.15, 0.2) is 0 Å². The first kappa shape index (κ1) is 28.7. The summed E-state index contributed by atoms with van der Waals surface area (Å²) in [6.45, 7) is 1.68. The van der Waals surface area contributed by atoms with Gasteiger partial charge < -0.3 is 25.2 Å². The maximum absolute atomic E-state index is 14.9. The molecule has 2 heterocycles. The molecule has 208 valence electrons. The van der Waals surface area contributed by atoms with Gasteiger partial charge in [-0.3, -0.25) is 4.79 Å². The second-order valence-corrected chi connectivity index (χ2v) is 9.75. The van der Waals surface area contributed by atoms with Crippen molar-refractivity contribution in [2.24, 2.45) is 0 Å². The van der Waals surface area contributed by atoms with Gasteiger partial charge in [-0.15, -0.1) is 0 Å². The number of benzene rings is 2. The van der Waals surface area contributed by atoms with E-state index in [1.54, 1.807) is 49.8 Å². The molecule has 0 saturated heterocycles. The van der Waals surface area contributed by atoms with Crippen LogP contribution in [0.25, 0.3) is 11.3 Å². The summed E-state index contributed by atoms with van der Waals surface area (Å²) in [6.07, 6.45) is 4.12. The van der Waals surface area contributed by atoms with Crippen LogP contribution in [0, 0.1) is 5.82 Å². The number of pyridine rings is 1. The molecule has 4 aromatic rings. The summed E-state index contributed by atoms with van der Waals surface area (Å²) in [6, 6.07) is 14.5. The third-order valence-electron chi connectivity index (χ3n) is 6.04. The van der Waals surface area contributed by atoms with Crippen molar-refractivity contribution in [2.75, 3.05) is 56.8 Å². The first-order valence-electron chi connectivity index (χ1n) is 12.7. The number of anilines is 3. The molecule has 0 fully saturated rings. The monoisotopic (exact) mass is 563 g/mol. The second kappa shape index (κ2) is 13.2. The number of hydrogen-bond donors (Lipinski definition) is 2. The predicted molar refractivity (Wildman–Crippen MR) is 157 cm³/mol. The van der Waals surface area contributed by atoms with Crippen molar-refractivity contribution in [2.45, 2.75) is 6.42 Å². The molecule has 2 aromatic heterocycles. The lowest BCUT2D eigenvalue weighted by molar-refractivity contribution is 0.102. The first-order chi connectivity index (χ1) is 19.2. The highest BCUT2D eigenvalue weighted by molar-refractivity contribution is 6.31. The van der Waals surface area contributed by atoms with Crippen molar-refractivity contribution in [1.29, 1.82) is 0 Å². The number of carbonyl (C=O) groups is 1. The summed E-state index contributed by atoms with van der Waals surface area (Å²) in [5.41, 5.74) is 2.26. The van der Waals surface area contributed by atoms with E-state index in [0.717, 1.165) is 25.2 Å². The minimum atomic E-state index is -0.691. The smallest absolute Gasteiger partial charge is 0.258 e. The van der Waals surface area contributed by atoms with Crippen LogP contribution in [0.3, 0.4) is 0 Å². The lowest BCUT2D eigenvalue weighted by atomic mass is 10.1. The molecule has 0 saturated carbocycles. The van der Waals surface area contributed by atoms with Gasteiger partial charge in [0.25, 0.3) is 5.91 Å². The highest BCUT2D eigenvalue weighted by Gasteiger charge is 2.18. The molecule has 0 radical (unpaired) electrons. The molecule has 0 aliphatic rings. The van der Waals surface area contributed by atoms with Gasteiger partial charge in [0.1, 0.15) is 11.6 Å². The predicted octanol–water partition coefficient (Wildman–Crippen LogP) is 5.81. The molecular formula is C29H31ClFN7O2. The number of hydrogen-bond acceptors (Lipinski definition) is 8. The van der Waals surface area contributed by atoms with Crippen molar-refractivity contribution in [3.63, 3.8) is 0 Å². The van der Waals surface area contributed by atoms with Crippen LogP contribution in [-0.4, -0.2) is 67.0 Å². The van der Waals surface area contributed by atoms with E-state index in [0.29, 0.717) is 27.9 Å². The Morgan fingerprint density at radius 1 is 1.02 bits per heavy atom. The van der Waals surface area contributed by atoms with E-state index < -0.39 is 11.7 Å². The largest absolute Gasteiger partial charge is 0.438 e. The summed E-state index contributed by atoms with van der Waals surface area (Å²) < 4.78 is 20.9. The topological polar surface area (TPSA) is 95.5 Å². The molecule has 0 atom stereocenters. The Morgan fingerprint density at radius 3 is 2.62 bits per heavy atom. The molecule has 0 aliphatic heterocycles. The van der Waals surface area contributed by atoms with Crippen LogP contribution in [-0.2, 0) is 0 Å². The van der Waals surface area contributed by atoms with Gasteiger partial charge >= 0.3 is 0 Å². The highest BCUT2D eigenvalue weighted by atomic mass is 35.5. The average molecular weight is 564 g/mol. The first-order valence-corrected chi connectivity index (χ1v) is 13.0. The number of amides is 1. The molecule has 11 heteroatoms. The lowest BCUT2D eigenvalue weighted by Crippen LogP contribution is -2.25. The molecule has 40 heavy (non-hydrogen) atoms. The zero-order valence-corrected chi connectivity index (χ0v) is 23.5. The number of halogens is 2.